The molecule has 0 aliphatic carbocycles. The number of carbonyl (C=O) groups is 1. The SMILES string of the molecule is O=C(CCc1ncc(-c2ccc(F)cc2F)o1)NCc1ccc(Br)cc1Cl. The van der Waals surface area contributed by atoms with Crippen molar-refractivity contribution in [1.82, 2.24) is 10.3 Å². The summed E-state index contributed by atoms with van der Waals surface area (Å²) in [6.07, 6.45) is 1.76. The monoisotopic (exact) mass is 454 g/mol. The number of halogens is 4. The number of amides is 1. The topological polar surface area (TPSA) is 55.1 Å². The van der Waals surface area contributed by atoms with Gasteiger partial charge in [-0.15, -0.1) is 0 Å². The Kier molecular flexibility index (Phi) is 6.23. The Bertz CT molecular complexity index is 978. The average Bonchev–Trinajstić information content (AvgIpc) is 3.08. The fraction of sp³-hybridized carbons (Fsp3) is 0.158. The van der Waals surface area contributed by atoms with E-state index in [1.807, 2.05) is 12.1 Å². The summed E-state index contributed by atoms with van der Waals surface area (Å²) in [4.78, 5) is 16.0. The van der Waals surface area contributed by atoms with Gasteiger partial charge in [-0.3, -0.25) is 4.79 Å². The van der Waals surface area contributed by atoms with Crippen LogP contribution in [0.5, 0.6) is 0 Å². The van der Waals surface area contributed by atoms with E-state index in [-0.39, 0.29) is 30.1 Å². The third kappa shape index (κ3) is 5.14. The highest BCUT2D eigenvalue weighted by Crippen LogP contribution is 2.25. The first kappa shape index (κ1) is 19.5. The molecule has 3 aromatic rings. The Morgan fingerprint density at radius 2 is 2.04 bits per heavy atom. The van der Waals surface area contributed by atoms with Crippen LogP contribution < -0.4 is 5.32 Å². The number of rotatable bonds is 6. The molecular formula is C19H14BrClF2N2O2. The van der Waals surface area contributed by atoms with E-state index >= 15 is 0 Å². The molecule has 1 amide bonds. The van der Waals surface area contributed by atoms with Gasteiger partial charge in [0, 0.05) is 34.9 Å². The Balaban J connectivity index is 1.54. The van der Waals surface area contributed by atoms with Crippen LogP contribution in [0.2, 0.25) is 5.02 Å². The molecule has 0 spiro atoms. The zero-order valence-corrected chi connectivity index (χ0v) is 16.3. The summed E-state index contributed by atoms with van der Waals surface area (Å²) in [6, 6.07) is 8.62. The van der Waals surface area contributed by atoms with E-state index in [0.717, 1.165) is 22.2 Å². The van der Waals surface area contributed by atoms with Crippen LogP contribution in [0.25, 0.3) is 11.3 Å². The molecule has 1 N–H and O–H groups in total. The Hall–Kier alpha value is -2.25. The fourth-order valence-corrected chi connectivity index (χ4v) is 3.15. The van der Waals surface area contributed by atoms with Crippen molar-refractivity contribution in [3.05, 3.63) is 75.2 Å². The minimum absolute atomic E-state index is 0.115. The van der Waals surface area contributed by atoms with Crippen molar-refractivity contribution in [3.8, 4) is 11.3 Å². The van der Waals surface area contributed by atoms with E-state index < -0.39 is 11.6 Å². The van der Waals surface area contributed by atoms with Crippen molar-refractivity contribution in [2.24, 2.45) is 0 Å². The smallest absolute Gasteiger partial charge is 0.220 e. The molecule has 8 heteroatoms. The zero-order valence-electron chi connectivity index (χ0n) is 13.9. The first-order chi connectivity index (χ1) is 12.9. The van der Waals surface area contributed by atoms with Gasteiger partial charge < -0.3 is 9.73 Å². The first-order valence-corrected chi connectivity index (χ1v) is 9.20. The lowest BCUT2D eigenvalue weighted by Crippen LogP contribution is -2.23. The predicted octanol–water partition coefficient (Wildman–Crippen LogP) is 5.28. The first-order valence-electron chi connectivity index (χ1n) is 8.03. The van der Waals surface area contributed by atoms with E-state index in [4.69, 9.17) is 16.0 Å². The number of oxazole rings is 1. The highest BCUT2D eigenvalue weighted by Gasteiger charge is 2.13. The third-order valence-corrected chi connectivity index (χ3v) is 4.65. The highest BCUT2D eigenvalue weighted by atomic mass is 79.9. The molecule has 3 rings (SSSR count). The molecule has 0 atom stereocenters. The molecule has 1 aromatic heterocycles. The molecule has 0 aliphatic rings. The van der Waals surface area contributed by atoms with Crippen LogP contribution in [0.15, 0.2) is 51.5 Å². The molecule has 0 radical (unpaired) electrons. The lowest BCUT2D eigenvalue weighted by atomic mass is 10.2. The molecule has 4 nitrogen and oxygen atoms in total. The van der Waals surface area contributed by atoms with E-state index in [9.17, 15) is 13.6 Å². The molecule has 0 saturated heterocycles. The van der Waals surface area contributed by atoms with Crippen molar-refractivity contribution < 1.29 is 18.0 Å². The Labute approximate surface area is 167 Å². The fourth-order valence-electron chi connectivity index (χ4n) is 2.41. The maximum Gasteiger partial charge on any atom is 0.220 e. The predicted molar refractivity (Wildman–Crippen MR) is 101 cm³/mol. The Morgan fingerprint density at radius 1 is 1.22 bits per heavy atom. The summed E-state index contributed by atoms with van der Waals surface area (Å²) >= 11 is 9.43. The number of aryl methyl sites for hydroxylation is 1. The van der Waals surface area contributed by atoms with Crippen LogP contribution in [0.3, 0.4) is 0 Å². The summed E-state index contributed by atoms with van der Waals surface area (Å²) in [6.45, 7) is 0.308. The molecule has 0 saturated carbocycles. The van der Waals surface area contributed by atoms with Crippen LogP contribution >= 0.6 is 27.5 Å². The van der Waals surface area contributed by atoms with Crippen LogP contribution in [-0.2, 0) is 17.8 Å². The van der Waals surface area contributed by atoms with Gasteiger partial charge in [0.1, 0.15) is 11.6 Å². The normalized spacial score (nSPS) is 10.8. The highest BCUT2D eigenvalue weighted by molar-refractivity contribution is 9.10. The van der Waals surface area contributed by atoms with Gasteiger partial charge in [-0.25, -0.2) is 13.8 Å². The molecule has 27 heavy (non-hydrogen) atoms. The van der Waals surface area contributed by atoms with Crippen LogP contribution in [-0.4, -0.2) is 10.9 Å². The number of nitrogens with zero attached hydrogens (tertiary/aromatic N) is 1. The van der Waals surface area contributed by atoms with Crippen LogP contribution in [0, 0.1) is 11.6 Å². The third-order valence-electron chi connectivity index (χ3n) is 3.81. The van der Waals surface area contributed by atoms with Gasteiger partial charge in [0.15, 0.2) is 11.7 Å². The molecular weight excluding hydrogens is 442 g/mol. The van der Waals surface area contributed by atoms with Crippen molar-refractivity contribution >= 4 is 33.4 Å². The maximum absolute atomic E-state index is 13.8. The van der Waals surface area contributed by atoms with Crippen molar-refractivity contribution in [2.75, 3.05) is 0 Å². The van der Waals surface area contributed by atoms with E-state index in [0.29, 0.717) is 17.5 Å². The standard InChI is InChI=1S/C19H14BrClF2N2O2/c20-12-2-1-11(15(21)7-12)9-24-18(26)5-6-19-25-10-17(27-19)14-4-3-13(22)8-16(14)23/h1-4,7-8,10H,5-6,9H2,(H,24,26). The molecule has 1 heterocycles. The van der Waals surface area contributed by atoms with Gasteiger partial charge in [-0.1, -0.05) is 33.6 Å². The molecule has 140 valence electrons. The van der Waals surface area contributed by atoms with Crippen LogP contribution in [0.4, 0.5) is 8.78 Å². The number of aromatic nitrogens is 1. The minimum Gasteiger partial charge on any atom is -0.441 e. The number of benzene rings is 2. The van der Waals surface area contributed by atoms with Gasteiger partial charge >= 0.3 is 0 Å². The maximum atomic E-state index is 13.8. The van der Waals surface area contributed by atoms with E-state index in [1.54, 1.807) is 6.07 Å². The second-order valence-electron chi connectivity index (χ2n) is 5.75. The van der Waals surface area contributed by atoms with Crippen molar-refractivity contribution in [1.29, 1.82) is 0 Å². The minimum atomic E-state index is -0.734. The lowest BCUT2D eigenvalue weighted by molar-refractivity contribution is -0.121. The number of carbonyl (C=O) groups excluding carboxylic acids is 1. The van der Waals surface area contributed by atoms with Gasteiger partial charge in [-0.2, -0.15) is 0 Å². The molecule has 0 unspecified atom stereocenters. The second kappa shape index (κ2) is 8.63. The zero-order chi connectivity index (χ0) is 19.4. The second-order valence-corrected chi connectivity index (χ2v) is 7.08. The molecule has 0 bridgehead atoms. The quantitative estimate of drug-likeness (QED) is 0.550. The number of hydrogen-bond donors (Lipinski definition) is 1. The van der Waals surface area contributed by atoms with Crippen LogP contribution in [0.1, 0.15) is 17.9 Å². The van der Waals surface area contributed by atoms with Gasteiger partial charge in [-0.05, 0) is 29.8 Å². The largest absolute Gasteiger partial charge is 0.441 e. The van der Waals surface area contributed by atoms with E-state index in [2.05, 4.69) is 26.2 Å². The van der Waals surface area contributed by atoms with Gasteiger partial charge in [0.2, 0.25) is 5.91 Å². The van der Waals surface area contributed by atoms with E-state index in [1.165, 1.54) is 12.3 Å². The number of hydrogen-bond acceptors (Lipinski definition) is 3. The summed E-state index contributed by atoms with van der Waals surface area (Å²) in [5.74, 6) is -1.11. The number of nitrogens with one attached hydrogen (secondary N) is 1. The van der Waals surface area contributed by atoms with Crippen molar-refractivity contribution in [2.45, 2.75) is 19.4 Å². The lowest BCUT2D eigenvalue weighted by Gasteiger charge is -2.07. The summed E-state index contributed by atoms with van der Waals surface area (Å²) in [7, 11) is 0. The molecule has 0 fully saturated rings. The summed E-state index contributed by atoms with van der Waals surface area (Å²) in [5.41, 5.74) is 0.919. The average molecular weight is 456 g/mol. The summed E-state index contributed by atoms with van der Waals surface area (Å²) < 4.78 is 33.1. The van der Waals surface area contributed by atoms with Gasteiger partial charge in [0.25, 0.3) is 0 Å². The summed E-state index contributed by atoms with van der Waals surface area (Å²) in [5, 5.41) is 3.33. The Morgan fingerprint density at radius 3 is 2.78 bits per heavy atom. The van der Waals surface area contributed by atoms with Gasteiger partial charge in [0.05, 0.1) is 11.8 Å². The molecule has 2 aromatic carbocycles. The molecule has 0 aliphatic heterocycles. The van der Waals surface area contributed by atoms with Crippen molar-refractivity contribution in [3.63, 3.8) is 0 Å².